The first-order valence-electron chi connectivity index (χ1n) is 9.14. The molecule has 9 heteroatoms. The first-order valence-corrected chi connectivity index (χ1v) is 11.0. The van der Waals surface area contributed by atoms with Gasteiger partial charge in [0.2, 0.25) is 10.0 Å². The highest BCUT2D eigenvalue weighted by Crippen LogP contribution is 2.26. The lowest BCUT2D eigenvalue weighted by Gasteiger charge is -2.26. The minimum absolute atomic E-state index is 0.0733. The summed E-state index contributed by atoms with van der Waals surface area (Å²) in [5, 5.41) is 2.89. The largest absolute Gasteiger partial charge is 0.380 e. The number of nitrogens with zero attached hydrogens (tertiary/aromatic N) is 1. The average molecular weight is 439 g/mol. The summed E-state index contributed by atoms with van der Waals surface area (Å²) in [5.41, 5.74) is 2.15. The van der Waals surface area contributed by atoms with Crippen LogP contribution in [0.15, 0.2) is 47.4 Å². The van der Waals surface area contributed by atoms with E-state index >= 15 is 0 Å². The van der Waals surface area contributed by atoms with Gasteiger partial charge in [0, 0.05) is 32.3 Å². The van der Waals surface area contributed by atoms with E-state index < -0.39 is 10.0 Å². The fourth-order valence-electron chi connectivity index (χ4n) is 3.05. The first kappa shape index (κ1) is 21.7. The molecular weight excluding hydrogens is 416 g/mol. The molecule has 29 heavy (non-hydrogen) atoms. The Hall–Kier alpha value is -1.97. The van der Waals surface area contributed by atoms with Gasteiger partial charge in [-0.15, -0.1) is 0 Å². The summed E-state index contributed by atoms with van der Waals surface area (Å²) in [5.74, 6) is -0.378. The number of hydrogen-bond donors (Lipinski definition) is 1. The maximum Gasteiger partial charge on any atom is 0.251 e. The number of rotatable bonds is 7. The Kier molecular flexibility index (Phi) is 7.26. The molecule has 2 aromatic carbocycles. The second-order valence-electron chi connectivity index (χ2n) is 6.60. The minimum atomic E-state index is -3.80. The van der Waals surface area contributed by atoms with Gasteiger partial charge in [-0.2, -0.15) is 4.31 Å². The topological polar surface area (TPSA) is 84.9 Å². The highest BCUT2D eigenvalue weighted by Gasteiger charge is 2.29. The Morgan fingerprint density at radius 3 is 2.62 bits per heavy atom. The van der Waals surface area contributed by atoms with Gasteiger partial charge in [-0.3, -0.25) is 4.79 Å². The number of ether oxygens (including phenoxy) is 2. The summed E-state index contributed by atoms with van der Waals surface area (Å²) in [6.07, 6.45) is 0. The minimum Gasteiger partial charge on any atom is -0.380 e. The molecular formula is C20H23ClN2O5S. The van der Waals surface area contributed by atoms with Crippen LogP contribution >= 0.6 is 11.6 Å². The fraction of sp³-hybridized carbons (Fsp3) is 0.350. The molecule has 1 aliphatic heterocycles. The quantitative estimate of drug-likeness (QED) is 0.717. The van der Waals surface area contributed by atoms with Crippen LogP contribution in [0.2, 0.25) is 5.02 Å². The van der Waals surface area contributed by atoms with Crippen LogP contribution in [0.4, 0.5) is 0 Å². The van der Waals surface area contributed by atoms with Crippen molar-refractivity contribution in [3.63, 3.8) is 0 Å². The molecule has 1 aliphatic rings. The van der Waals surface area contributed by atoms with E-state index in [0.717, 1.165) is 11.1 Å². The Labute approximate surface area is 175 Å². The van der Waals surface area contributed by atoms with E-state index in [4.69, 9.17) is 21.1 Å². The Bertz CT molecular complexity index is 975. The zero-order valence-corrected chi connectivity index (χ0v) is 17.6. The van der Waals surface area contributed by atoms with Gasteiger partial charge in [-0.1, -0.05) is 35.9 Å². The average Bonchev–Trinajstić information content (AvgIpc) is 2.73. The van der Waals surface area contributed by atoms with Gasteiger partial charge in [0.05, 0.1) is 24.8 Å². The maximum atomic E-state index is 12.9. The number of hydrogen-bond acceptors (Lipinski definition) is 5. The lowest BCUT2D eigenvalue weighted by atomic mass is 10.1. The lowest BCUT2D eigenvalue weighted by molar-refractivity contribution is 0.0730. The molecule has 7 nitrogen and oxygen atoms in total. The summed E-state index contributed by atoms with van der Waals surface area (Å²) in [7, 11) is -2.18. The molecule has 0 aliphatic carbocycles. The number of benzene rings is 2. The second-order valence-corrected chi connectivity index (χ2v) is 8.91. The molecule has 2 aromatic rings. The van der Waals surface area contributed by atoms with Crippen molar-refractivity contribution in [3.05, 3.63) is 64.2 Å². The molecule has 3 rings (SSSR count). The van der Waals surface area contributed by atoms with Crippen molar-refractivity contribution < 1.29 is 22.7 Å². The van der Waals surface area contributed by atoms with Gasteiger partial charge in [0.15, 0.2) is 0 Å². The predicted molar refractivity (Wildman–Crippen MR) is 109 cm³/mol. The van der Waals surface area contributed by atoms with Crippen molar-refractivity contribution >= 4 is 27.5 Å². The van der Waals surface area contributed by atoms with Gasteiger partial charge < -0.3 is 14.8 Å². The third kappa shape index (κ3) is 5.34. The molecule has 1 heterocycles. The highest BCUT2D eigenvalue weighted by atomic mass is 35.5. The van der Waals surface area contributed by atoms with E-state index in [1.54, 1.807) is 7.11 Å². The standard InChI is InChI=1S/C20H23ClN2O5S/c1-27-14-16-4-2-3-15(11-16)13-22-20(24)17-5-6-18(21)19(12-17)29(25,26)23-7-9-28-10-8-23/h2-6,11-12H,7-10,13-14H2,1H3,(H,22,24). The van der Waals surface area contributed by atoms with Gasteiger partial charge in [0.1, 0.15) is 4.90 Å². The van der Waals surface area contributed by atoms with Crippen LogP contribution in [0, 0.1) is 0 Å². The third-order valence-corrected chi connectivity index (χ3v) is 6.92. The van der Waals surface area contributed by atoms with Gasteiger partial charge in [-0.25, -0.2) is 8.42 Å². The molecule has 0 radical (unpaired) electrons. The van der Waals surface area contributed by atoms with Crippen molar-refractivity contribution in [3.8, 4) is 0 Å². The number of amides is 1. The normalized spacial score (nSPS) is 15.2. The predicted octanol–water partition coefficient (Wildman–Crippen LogP) is 2.44. The Morgan fingerprint density at radius 1 is 1.17 bits per heavy atom. The van der Waals surface area contributed by atoms with Gasteiger partial charge in [-0.05, 0) is 29.3 Å². The van der Waals surface area contributed by atoms with Gasteiger partial charge >= 0.3 is 0 Å². The van der Waals surface area contributed by atoms with Crippen molar-refractivity contribution in [2.75, 3.05) is 33.4 Å². The number of sulfonamides is 1. The maximum absolute atomic E-state index is 12.9. The first-order chi connectivity index (χ1) is 13.9. The molecule has 1 N–H and O–H groups in total. The van der Waals surface area contributed by atoms with E-state index in [1.165, 1.54) is 22.5 Å². The van der Waals surface area contributed by atoms with Crippen LogP contribution in [0.25, 0.3) is 0 Å². The lowest BCUT2D eigenvalue weighted by Crippen LogP contribution is -2.40. The number of methoxy groups -OCH3 is 1. The van der Waals surface area contributed by atoms with Crippen LogP contribution in [0.1, 0.15) is 21.5 Å². The zero-order valence-electron chi connectivity index (χ0n) is 16.1. The second kappa shape index (κ2) is 9.69. The van der Waals surface area contributed by atoms with Crippen molar-refractivity contribution in [1.29, 1.82) is 0 Å². The Balaban J connectivity index is 1.75. The number of morpholine rings is 1. The third-order valence-electron chi connectivity index (χ3n) is 4.54. The van der Waals surface area contributed by atoms with E-state index in [9.17, 15) is 13.2 Å². The molecule has 0 spiro atoms. The van der Waals surface area contributed by atoms with E-state index in [2.05, 4.69) is 5.32 Å². The monoisotopic (exact) mass is 438 g/mol. The number of halogens is 1. The molecule has 0 atom stereocenters. The fourth-order valence-corrected chi connectivity index (χ4v) is 4.96. The summed E-state index contributed by atoms with van der Waals surface area (Å²) in [4.78, 5) is 12.5. The molecule has 0 aromatic heterocycles. The van der Waals surface area contributed by atoms with Crippen LogP contribution in [0.5, 0.6) is 0 Å². The molecule has 156 valence electrons. The van der Waals surface area contributed by atoms with E-state index in [-0.39, 0.29) is 34.5 Å². The zero-order chi connectivity index (χ0) is 20.9. The molecule has 0 bridgehead atoms. The van der Waals surface area contributed by atoms with Crippen molar-refractivity contribution in [1.82, 2.24) is 9.62 Å². The Morgan fingerprint density at radius 2 is 1.90 bits per heavy atom. The van der Waals surface area contributed by atoms with Crippen molar-refractivity contribution in [2.45, 2.75) is 18.0 Å². The summed E-state index contributed by atoms with van der Waals surface area (Å²) >= 11 is 6.14. The number of carbonyl (C=O) groups excluding carboxylic acids is 1. The molecule has 1 amide bonds. The summed E-state index contributed by atoms with van der Waals surface area (Å²) in [6, 6.07) is 11.9. The summed E-state index contributed by atoms with van der Waals surface area (Å²) < 4.78 is 37.5. The summed E-state index contributed by atoms with van der Waals surface area (Å²) in [6.45, 7) is 1.98. The molecule has 0 unspecified atom stereocenters. The SMILES string of the molecule is COCc1cccc(CNC(=O)c2ccc(Cl)c(S(=O)(=O)N3CCOCC3)c2)c1. The molecule has 1 fully saturated rings. The van der Waals surface area contributed by atoms with Crippen LogP contribution in [0.3, 0.4) is 0 Å². The number of carbonyl (C=O) groups is 1. The highest BCUT2D eigenvalue weighted by molar-refractivity contribution is 7.89. The van der Waals surface area contributed by atoms with E-state index in [1.807, 2.05) is 24.3 Å². The van der Waals surface area contributed by atoms with Crippen LogP contribution in [-0.2, 0) is 32.6 Å². The number of nitrogens with one attached hydrogen (secondary N) is 1. The van der Waals surface area contributed by atoms with Crippen molar-refractivity contribution in [2.24, 2.45) is 0 Å². The van der Waals surface area contributed by atoms with Gasteiger partial charge in [0.25, 0.3) is 5.91 Å². The molecule has 0 saturated carbocycles. The van der Waals surface area contributed by atoms with Crippen LogP contribution in [-0.4, -0.2) is 52.0 Å². The molecule has 1 saturated heterocycles. The van der Waals surface area contributed by atoms with Crippen LogP contribution < -0.4 is 5.32 Å². The van der Waals surface area contributed by atoms with E-state index in [0.29, 0.717) is 26.4 Å². The smallest absolute Gasteiger partial charge is 0.251 e.